The predicted octanol–water partition coefficient (Wildman–Crippen LogP) is 2.66. The van der Waals surface area contributed by atoms with Crippen molar-refractivity contribution in [1.29, 1.82) is 0 Å². The van der Waals surface area contributed by atoms with Gasteiger partial charge in [0.2, 0.25) is 0 Å². The van der Waals surface area contributed by atoms with Gasteiger partial charge in [0.25, 0.3) is 17.7 Å². The normalized spacial score (nSPS) is 14.1. The molecule has 0 bridgehead atoms. The molecule has 0 unspecified atom stereocenters. The SMILES string of the molecule is Cc1ccc(C(=O)Nc2nccnc2C(=O)NC2CCN(C(=O)c3ccco3)CC2)cc1. The summed E-state index contributed by atoms with van der Waals surface area (Å²) in [6.45, 7) is 2.94. The van der Waals surface area contributed by atoms with Crippen LogP contribution in [0.1, 0.15) is 49.8 Å². The fourth-order valence-corrected chi connectivity index (χ4v) is 3.52. The number of hydrogen-bond acceptors (Lipinski definition) is 6. The smallest absolute Gasteiger partial charge is 0.289 e. The highest BCUT2D eigenvalue weighted by atomic mass is 16.3. The average Bonchev–Trinajstić information content (AvgIpc) is 3.35. The summed E-state index contributed by atoms with van der Waals surface area (Å²) in [5.74, 6) is -0.547. The van der Waals surface area contributed by atoms with E-state index < -0.39 is 5.91 Å². The highest BCUT2D eigenvalue weighted by molar-refractivity contribution is 6.07. The van der Waals surface area contributed by atoms with Gasteiger partial charge in [0.1, 0.15) is 0 Å². The van der Waals surface area contributed by atoms with Gasteiger partial charge in [-0.15, -0.1) is 0 Å². The summed E-state index contributed by atoms with van der Waals surface area (Å²) >= 11 is 0. The van der Waals surface area contributed by atoms with Gasteiger partial charge in [-0.3, -0.25) is 14.4 Å². The van der Waals surface area contributed by atoms with Crippen LogP contribution in [0.5, 0.6) is 0 Å². The summed E-state index contributed by atoms with van der Waals surface area (Å²) in [6.07, 6.45) is 5.49. The zero-order chi connectivity index (χ0) is 22.5. The minimum Gasteiger partial charge on any atom is -0.459 e. The Balaban J connectivity index is 1.36. The molecule has 3 heterocycles. The predicted molar refractivity (Wildman–Crippen MR) is 116 cm³/mol. The molecular weight excluding hydrogens is 410 g/mol. The van der Waals surface area contributed by atoms with Crippen LogP contribution in [0.2, 0.25) is 0 Å². The van der Waals surface area contributed by atoms with E-state index in [1.807, 2.05) is 19.1 Å². The van der Waals surface area contributed by atoms with Gasteiger partial charge in [-0.1, -0.05) is 17.7 Å². The van der Waals surface area contributed by atoms with Crippen LogP contribution in [0.15, 0.2) is 59.5 Å². The fraction of sp³-hybridized carbons (Fsp3) is 0.261. The highest BCUT2D eigenvalue weighted by Crippen LogP contribution is 2.16. The number of nitrogens with zero attached hydrogens (tertiary/aromatic N) is 3. The van der Waals surface area contributed by atoms with E-state index in [1.54, 1.807) is 29.2 Å². The molecule has 32 heavy (non-hydrogen) atoms. The Morgan fingerprint density at radius 1 is 1.00 bits per heavy atom. The first-order chi connectivity index (χ1) is 15.5. The molecule has 0 aliphatic carbocycles. The third-order valence-electron chi connectivity index (χ3n) is 5.31. The number of carbonyl (C=O) groups excluding carboxylic acids is 3. The molecule has 1 fully saturated rings. The molecule has 3 aromatic rings. The second-order valence-electron chi connectivity index (χ2n) is 7.59. The molecule has 164 valence electrons. The van der Waals surface area contributed by atoms with Crippen LogP contribution >= 0.6 is 0 Å². The molecule has 0 saturated carbocycles. The maximum Gasteiger partial charge on any atom is 0.289 e. The number of piperidine rings is 1. The minimum absolute atomic E-state index is 0.0436. The van der Waals surface area contributed by atoms with Gasteiger partial charge in [0.15, 0.2) is 17.3 Å². The second-order valence-corrected chi connectivity index (χ2v) is 7.59. The van der Waals surface area contributed by atoms with Crippen molar-refractivity contribution in [2.75, 3.05) is 18.4 Å². The van der Waals surface area contributed by atoms with Gasteiger partial charge < -0.3 is 20.0 Å². The lowest BCUT2D eigenvalue weighted by molar-refractivity contribution is 0.0667. The Kier molecular flexibility index (Phi) is 6.25. The molecule has 1 aliphatic rings. The summed E-state index contributed by atoms with van der Waals surface area (Å²) in [5, 5.41) is 5.60. The molecule has 1 saturated heterocycles. The number of anilines is 1. The lowest BCUT2D eigenvalue weighted by Crippen LogP contribution is -2.46. The summed E-state index contributed by atoms with van der Waals surface area (Å²) < 4.78 is 5.17. The first kappa shape index (κ1) is 21.2. The first-order valence-electron chi connectivity index (χ1n) is 10.3. The monoisotopic (exact) mass is 433 g/mol. The lowest BCUT2D eigenvalue weighted by Gasteiger charge is -2.31. The molecule has 0 atom stereocenters. The van der Waals surface area contributed by atoms with Gasteiger partial charge >= 0.3 is 0 Å². The number of nitrogens with one attached hydrogen (secondary N) is 2. The Hall–Kier alpha value is -4.01. The number of hydrogen-bond donors (Lipinski definition) is 2. The van der Waals surface area contributed by atoms with E-state index in [1.165, 1.54) is 18.7 Å². The molecule has 1 aliphatic heterocycles. The largest absolute Gasteiger partial charge is 0.459 e. The second kappa shape index (κ2) is 9.42. The molecule has 2 aromatic heterocycles. The summed E-state index contributed by atoms with van der Waals surface area (Å²) in [4.78, 5) is 47.7. The molecule has 9 heteroatoms. The van der Waals surface area contributed by atoms with E-state index in [9.17, 15) is 14.4 Å². The quantitative estimate of drug-likeness (QED) is 0.639. The van der Waals surface area contributed by atoms with Gasteiger partial charge in [-0.2, -0.15) is 0 Å². The van der Waals surface area contributed by atoms with Crippen molar-refractivity contribution < 1.29 is 18.8 Å². The van der Waals surface area contributed by atoms with Crippen LogP contribution in [0, 0.1) is 6.92 Å². The average molecular weight is 433 g/mol. The van der Waals surface area contributed by atoms with E-state index in [-0.39, 0.29) is 29.4 Å². The van der Waals surface area contributed by atoms with E-state index in [0.29, 0.717) is 37.3 Å². The Bertz CT molecular complexity index is 1100. The van der Waals surface area contributed by atoms with E-state index in [4.69, 9.17) is 4.42 Å². The molecule has 9 nitrogen and oxygen atoms in total. The lowest BCUT2D eigenvalue weighted by atomic mass is 10.0. The van der Waals surface area contributed by atoms with Gasteiger partial charge in [-0.05, 0) is 44.0 Å². The fourth-order valence-electron chi connectivity index (χ4n) is 3.52. The standard InChI is InChI=1S/C23H23N5O4/c1-15-4-6-16(7-5-15)21(29)27-20-19(24-10-11-25-20)22(30)26-17-8-12-28(13-9-17)23(31)18-3-2-14-32-18/h2-7,10-11,14,17H,8-9,12-13H2,1H3,(H,26,30)(H,25,27,29). The Labute approximate surface area is 184 Å². The molecule has 3 amide bonds. The van der Waals surface area contributed by atoms with E-state index >= 15 is 0 Å². The van der Waals surface area contributed by atoms with Crippen LogP contribution in [0.4, 0.5) is 5.82 Å². The van der Waals surface area contributed by atoms with Crippen molar-refractivity contribution in [2.45, 2.75) is 25.8 Å². The van der Waals surface area contributed by atoms with Crippen LogP contribution in [-0.2, 0) is 0 Å². The third-order valence-corrected chi connectivity index (χ3v) is 5.31. The Morgan fingerprint density at radius 3 is 2.41 bits per heavy atom. The first-order valence-corrected chi connectivity index (χ1v) is 10.3. The third kappa shape index (κ3) is 4.83. The number of furan rings is 1. The summed E-state index contributed by atoms with van der Waals surface area (Å²) in [5.41, 5.74) is 1.54. The molecular formula is C23H23N5O4. The molecule has 0 spiro atoms. The summed E-state index contributed by atoms with van der Waals surface area (Å²) in [6, 6.07) is 10.3. The number of rotatable bonds is 5. The van der Waals surface area contributed by atoms with Crippen molar-refractivity contribution in [2.24, 2.45) is 0 Å². The number of carbonyl (C=O) groups is 3. The van der Waals surface area contributed by atoms with Gasteiger partial charge in [-0.25, -0.2) is 9.97 Å². The number of aryl methyl sites for hydroxylation is 1. The zero-order valence-electron chi connectivity index (χ0n) is 17.6. The van der Waals surface area contributed by atoms with Gasteiger partial charge in [0.05, 0.1) is 6.26 Å². The van der Waals surface area contributed by atoms with Crippen molar-refractivity contribution in [1.82, 2.24) is 20.2 Å². The van der Waals surface area contributed by atoms with Crippen LogP contribution in [0.25, 0.3) is 0 Å². The zero-order valence-corrected chi connectivity index (χ0v) is 17.6. The van der Waals surface area contributed by atoms with Crippen LogP contribution in [0.3, 0.4) is 0 Å². The number of amides is 3. The Morgan fingerprint density at radius 2 is 1.72 bits per heavy atom. The molecule has 2 N–H and O–H groups in total. The highest BCUT2D eigenvalue weighted by Gasteiger charge is 2.27. The van der Waals surface area contributed by atoms with E-state index in [0.717, 1.165) is 5.56 Å². The van der Waals surface area contributed by atoms with Crippen LogP contribution < -0.4 is 10.6 Å². The number of aromatic nitrogens is 2. The molecule has 1 aromatic carbocycles. The molecule has 4 rings (SSSR count). The maximum atomic E-state index is 12.8. The number of likely N-dealkylation sites (tertiary alicyclic amines) is 1. The van der Waals surface area contributed by atoms with E-state index in [2.05, 4.69) is 20.6 Å². The minimum atomic E-state index is -0.423. The van der Waals surface area contributed by atoms with Gasteiger partial charge in [0, 0.05) is 37.1 Å². The topological polar surface area (TPSA) is 117 Å². The molecule has 0 radical (unpaired) electrons. The van der Waals surface area contributed by atoms with Crippen LogP contribution in [-0.4, -0.2) is 51.7 Å². The van der Waals surface area contributed by atoms with Crippen molar-refractivity contribution in [3.8, 4) is 0 Å². The van der Waals surface area contributed by atoms with Crippen molar-refractivity contribution in [3.63, 3.8) is 0 Å². The van der Waals surface area contributed by atoms with Crippen molar-refractivity contribution >= 4 is 23.5 Å². The summed E-state index contributed by atoms with van der Waals surface area (Å²) in [7, 11) is 0. The van der Waals surface area contributed by atoms with Crippen molar-refractivity contribution in [3.05, 3.63) is 77.6 Å². The number of benzene rings is 1. The maximum absolute atomic E-state index is 12.8.